The number of hydrogen-bond donors (Lipinski definition) is 0. The number of rotatable bonds is 8. The Morgan fingerprint density at radius 2 is 1.74 bits per heavy atom. The van der Waals surface area contributed by atoms with Crippen LogP contribution in [0.2, 0.25) is 0 Å². The average Bonchev–Trinajstić information content (AvgIpc) is 3.62. The van der Waals surface area contributed by atoms with Crippen molar-refractivity contribution in [2.24, 2.45) is 0 Å². The third-order valence-electron chi connectivity index (χ3n) is 6.72. The van der Waals surface area contributed by atoms with Gasteiger partial charge in [0, 0.05) is 35.8 Å². The van der Waals surface area contributed by atoms with Gasteiger partial charge in [-0.2, -0.15) is 0 Å². The minimum Gasteiger partial charge on any atom is -0.494 e. The number of anilines is 1. The molecule has 3 aromatic carbocycles. The van der Waals surface area contributed by atoms with Crippen molar-refractivity contribution in [2.75, 3.05) is 32.0 Å². The van der Waals surface area contributed by atoms with Gasteiger partial charge < -0.3 is 28.4 Å². The molecule has 9 heteroatoms. The molecule has 0 saturated carbocycles. The number of para-hydroxylation sites is 1. The van der Waals surface area contributed by atoms with E-state index in [0.717, 1.165) is 33.7 Å². The summed E-state index contributed by atoms with van der Waals surface area (Å²) in [6.07, 6.45) is 3.95. The number of nitrogens with zero attached hydrogens (tertiary/aromatic N) is 3. The number of benzene rings is 3. The number of amides is 1. The third kappa shape index (κ3) is 4.66. The molecule has 8 nitrogen and oxygen atoms in total. The van der Waals surface area contributed by atoms with E-state index in [2.05, 4.69) is 16.7 Å². The number of likely N-dealkylation sites (N-methyl/N-ethyl adjacent to an activating group) is 1. The van der Waals surface area contributed by atoms with Crippen LogP contribution >= 0.6 is 12.2 Å². The smallest absolute Gasteiger partial charge is 0.281 e. The topological polar surface area (TPSA) is 65.4 Å². The summed E-state index contributed by atoms with van der Waals surface area (Å²) in [4.78, 5) is 16.8. The van der Waals surface area contributed by atoms with E-state index < -0.39 is 0 Å². The summed E-state index contributed by atoms with van der Waals surface area (Å²) in [5.74, 6) is 2.71. The van der Waals surface area contributed by atoms with Gasteiger partial charge in [0.25, 0.3) is 5.91 Å². The highest BCUT2D eigenvalue weighted by Crippen LogP contribution is 2.35. The van der Waals surface area contributed by atoms with Crippen LogP contribution < -0.4 is 23.8 Å². The van der Waals surface area contributed by atoms with E-state index in [0.29, 0.717) is 42.0 Å². The van der Waals surface area contributed by atoms with Crippen LogP contribution in [0, 0.1) is 0 Å². The van der Waals surface area contributed by atoms with E-state index in [1.807, 2.05) is 80.8 Å². The van der Waals surface area contributed by atoms with Gasteiger partial charge >= 0.3 is 0 Å². The average molecular weight is 542 g/mol. The summed E-state index contributed by atoms with van der Waals surface area (Å²) >= 11 is 5.65. The van der Waals surface area contributed by atoms with Crippen LogP contribution in [0.15, 0.2) is 78.6 Å². The third-order valence-corrected chi connectivity index (χ3v) is 7.18. The molecule has 0 atom stereocenters. The molecular weight excluding hydrogens is 514 g/mol. The Kier molecular flexibility index (Phi) is 6.58. The number of hydrogen-bond acceptors (Lipinski definition) is 6. The first-order valence-electron chi connectivity index (χ1n) is 12.7. The van der Waals surface area contributed by atoms with Crippen molar-refractivity contribution in [2.45, 2.75) is 13.5 Å². The largest absolute Gasteiger partial charge is 0.494 e. The van der Waals surface area contributed by atoms with Gasteiger partial charge in [0.1, 0.15) is 23.8 Å². The lowest BCUT2D eigenvalue weighted by Gasteiger charge is -2.16. The molecule has 0 spiro atoms. The zero-order valence-electron chi connectivity index (χ0n) is 21.6. The maximum atomic E-state index is 13.5. The molecule has 1 aromatic heterocycles. The van der Waals surface area contributed by atoms with Gasteiger partial charge in [-0.3, -0.25) is 9.69 Å². The van der Waals surface area contributed by atoms with Crippen LogP contribution in [0.4, 0.5) is 5.69 Å². The van der Waals surface area contributed by atoms with Crippen molar-refractivity contribution < 1.29 is 23.7 Å². The molecule has 6 rings (SSSR count). The van der Waals surface area contributed by atoms with Crippen LogP contribution in [0.25, 0.3) is 17.0 Å². The van der Waals surface area contributed by atoms with E-state index in [1.165, 1.54) is 0 Å². The van der Waals surface area contributed by atoms with E-state index in [4.69, 9.17) is 31.2 Å². The highest BCUT2D eigenvalue weighted by molar-refractivity contribution is 7.80. The fourth-order valence-corrected chi connectivity index (χ4v) is 5.08. The Bertz CT molecular complexity index is 1590. The Morgan fingerprint density at radius 3 is 2.56 bits per heavy atom. The number of ether oxygens (including phenoxy) is 4. The number of thiocarbonyl (C=S) groups is 1. The maximum Gasteiger partial charge on any atom is 0.281 e. The zero-order chi connectivity index (χ0) is 26.9. The van der Waals surface area contributed by atoms with Gasteiger partial charge in [-0.05, 0) is 67.7 Å². The second kappa shape index (κ2) is 10.3. The first-order chi connectivity index (χ1) is 19.0. The van der Waals surface area contributed by atoms with E-state index in [1.54, 1.807) is 9.80 Å². The van der Waals surface area contributed by atoms with Crippen molar-refractivity contribution >= 4 is 45.9 Å². The second-order valence-electron chi connectivity index (χ2n) is 9.10. The van der Waals surface area contributed by atoms with Crippen molar-refractivity contribution in [1.82, 2.24) is 9.47 Å². The molecule has 1 saturated heterocycles. The zero-order valence-corrected chi connectivity index (χ0v) is 22.4. The van der Waals surface area contributed by atoms with Gasteiger partial charge in [-0.15, -0.1) is 0 Å². The Morgan fingerprint density at radius 1 is 0.974 bits per heavy atom. The monoisotopic (exact) mass is 541 g/mol. The van der Waals surface area contributed by atoms with E-state index in [9.17, 15) is 4.79 Å². The number of carbonyl (C=O) groups excluding carboxylic acids is 1. The molecule has 1 amide bonds. The minimum atomic E-state index is -0.172. The quantitative estimate of drug-likeness (QED) is 0.217. The lowest BCUT2D eigenvalue weighted by Crippen LogP contribution is -2.31. The Balaban J connectivity index is 1.24. The normalized spacial score (nSPS) is 15.6. The molecule has 3 heterocycles. The first kappa shape index (κ1) is 24.8. The molecule has 198 valence electrons. The molecule has 0 radical (unpaired) electrons. The van der Waals surface area contributed by atoms with Gasteiger partial charge in [0.05, 0.1) is 18.8 Å². The summed E-state index contributed by atoms with van der Waals surface area (Å²) < 4.78 is 24.5. The number of aromatic nitrogens is 1. The Labute approximate surface area is 231 Å². The van der Waals surface area contributed by atoms with Crippen LogP contribution in [0.1, 0.15) is 12.5 Å². The Hall–Kier alpha value is -4.50. The SMILES string of the molecule is CCOc1ccc(N2C(=O)/C(=C/c3cn(CCOc4ccc5c(c4)OCO5)c4ccccc34)N(C)C2=S)cc1. The van der Waals surface area contributed by atoms with Crippen LogP contribution in [-0.2, 0) is 11.3 Å². The number of carbonyl (C=O) groups is 1. The van der Waals surface area contributed by atoms with Crippen LogP contribution in [0.3, 0.4) is 0 Å². The fraction of sp³-hybridized carbons (Fsp3) is 0.200. The lowest BCUT2D eigenvalue weighted by atomic mass is 10.1. The molecule has 0 bridgehead atoms. The predicted molar refractivity (Wildman–Crippen MR) is 153 cm³/mol. The maximum absolute atomic E-state index is 13.5. The van der Waals surface area contributed by atoms with Gasteiger partial charge in [-0.1, -0.05) is 18.2 Å². The standard InChI is InChI=1S/C30H27N3O5S/c1-3-35-22-10-8-21(9-11-22)33-29(34)26(31(2)30(33)39)16-20-18-32(25-7-5-4-6-24(20)25)14-15-36-23-12-13-27-28(17-23)38-19-37-27/h4-13,16-18H,3,14-15,19H2,1-2H3/b26-16-. The summed E-state index contributed by atoms with van der Waals surface area (Å²) in [6, 6.07) is 21.1. The minimum absolute atomic E-state index is 0.172. The predicted octanol–water partition coefficient (Wildman–Crippen LogP) is 5.45. The first-order valence-corrected chi connectivity index (χ1v) is 13.1. The number of fused-ring (bicyclic) bond motifs is 2. The van der Waals surface area contributed by atoms with Gasteiger partial charge in [0.15, 0.2) is 16.6 Å². The molecule has 1 fully saturated rings. The summed E-state index contributed by atoms with van der Waals surface area (Å²) in [5, 5.41) is 1.47. The second-order valence-corrected chi connectivity index (χ2v) is 9.46. The molecule has 4 aromatic rings. The highest BCUT2D eigenvalue weighted by atomic mass is 32.1. The van der Waals surface area contributed by atoms with Crippen molar-refractivity contribution in [1.29, 1.82) is 0 Å². The van der Waals surface area contributed by atoms with Gasteiger partial charge in [0.2, 0.25) is 6.79 Å². The van der Waals surface area contributed by atoms with E-state index >= 15 is 0 Å². The lowest BCUT2D eigenvalue weighted by molar-refractivity contribution is -0.114. The molecular formula is C30H27N3O5S. The summed E-state index contributed by atoms with van der Waals surface area (Å²) in [7, 11) is 1.82. The molecule has 0 unspecified atom stereocenters. The van der Waals surface area contributed by atoms with Crippen LogP contribution in [-0.4, -0.2) is 47.5 Å². The van der Waals surface area contributed by atoms with Crippen molar-refractivity contribution in [3.8, 4) is 23.0 Å². The van der Waals surface area contributed by atoms with Crippen molar-refractivity contribution in [3.05, 3.63) is 84.2 Å². The van der Waals surface area contributed by atoms with Crippen LogP contribution in [0.5, 0.6) is 23.0 Å². The molecule has 2 aliphatic rings. The highest BCUT2D eigenvalue weighted by Gasteiger charge is 2.37. The fourth-order valence-electron chi connectivity index (χ4n) is 4.79. The molecule has 2 aliphatic heterocycles. The van der Waals surface area contributed by atoms with Crippen molar-refractivity contribution in [3.63, 3.8) is 0 Å². The molecule has 39 heavy (non-hydrogen) atoms. The summed E-state index contributed by atoms with van der Waals surface area (Å²) in [6.45, 7) is 3.82. The molecule has 0 N–H and O–H groups in total. The summed E-state index contributed by atoms with van der Waals surface area (Å²) in [5.41, 5.74) is 3.19. The van der Waals surface area contributed by atoms with Gasteiger partial charge in [-0.25, -0.2) is 0 Å². The van der Waals surface area contributed by atoms with E-state index in [-0.39, 0.29) is 12.7 Å². The molecule has 0 aliphatic carbocycles.